The summed E-state index contributed by atoms with van der Waals surface area (Å²) in [5.41, 5.74) is 0. The zero-order valence-electron chi connectivity index (χ0n) is 11.1. The van der Waals surface area contributed by atoms with Crippen LogP contribution in [0.3, 0.4) is 0 Å². The van der Waals surface area contributed by atoms with Gasteiger partial charge in [0.25, 0.3) is 0 Å². The predicted octanol–water partition coefficient (Wildman–Crippen LogP) is 0.494. The second-order valence-electron chi connectivity index (χ2n) is 5.17. The highest BCUT2D eigenvalue weighted by Gasteiger charge is 2.34. The van der Waals surface area contributed by atoms with E-state index >= 15 is 0 Å². The van der Waals surface area contributed by atoms with Crippen molar-refractivity contribution in [3.63, 3.8) is 0 Å². The summed E-state index contributed by atoms with van der Waals surface area (Å²) in [6, 6.07) is 0. The zero-order valence-corrected chi connectivity index (χ0v) is 11.1. The molecule has 5 nitrogen and oxygen atoms in total. The summed E-state index contributed by atoms with van der Waals surface area (Å²) in [6.07, 6.45) is 3.91. The van der Waals surface area contributed by atoms with E-state index in [9.17, 15) is 9.59 Å². The van der Waals surface area contributed by atoms with Gasteiger partial charge in [0.2, 0.25) is 5.91 Å². The van der Waals surface area contributed by atoms with Gasteiger partial charge in [0.05, 0.1) is 13.0 Å². The molecule has 2 saturated heterocycles. The van der Waals surface area contributed by atoms with Crippen molar-refractivity contribution in [1.82, 2.24) is 9.80 Å². The molecule has 0 aliphatic carbocycles. The Hall–Kier alpha value is -1.10. The lowest BCUT2D eigenvalue weighted by molar-refractivity contribution is -0.145. The van der Waals surface area contributed by atoms with Crippen LogP contribution in [-0.4, -0.2) is 61.5 Å². The van der Waals surface area contributed by atoms with Crippen LogP contribution in [0.5, 0.6) is 0 Å². The molecule has 2 aliphatic rings. The van der Waals surface area contributed by atoms with Crippen LogP contribution in [0.1, 0.15) is 25.7 Å². The third-order valence-corrected chi connectivity index (χ3v) is 3.85. The molecule has 0 radical (unpaired) electrons. The van der Waals surface area contributed by atoms with Crippen LogP contribution in [0.4, 0.5) is 0 Å². The molecule has 0 saturated carbocycles. The van der Waals surface area contributed by atoms with Crippen molar-refractivity contribution < 1.29 is 14.3 Å². The van der Waals surface area contributed by atoms with Crippen LogP contribution in [0.15, 0.2) is 0 Å². The maximum Gasteiger partial charge on any atom is 0.310 e. The molecule has 2 fully saturated rings. The van der Waals surface area contributed by atoms with Gasteiger partial charge >= 0.3 is 5.97 Å². The van der Waals surface area contributed by atoms with Gasteiger partial charge in [0, 0.05) is 19.5 Å². The van der Waals surface area contributed by atoms with Crippen molar-refractivity contribution in [3.8, 4) is 0 Å². The Morgan fingerprint density at radius 3 is 2.72 bits per heavy atom. The molecule has 0 aromatic carbocycles. The van der Waals surface area contributed by atoms with E-state index in [0.29, 0.717) is 13.0 Å². The molecule has 1 atom stereocenters. The fourth-order valence-corrected chi connectivity index (χ4v) is 2.80. The monoisotopic (exact) mass is 254 g/mol. The van der Waals surface area contributed by atoms with Crippen LogP contribution in [-0.2, 0) is 14.3 Å². The first-order valence-electron chi connectivity index (χ1n) is 6.78. The topological polar surface area (TPSA) is 49.9 Å². The summed E-state index contributed by atoms with van der Waals surface area (Å²) in [4.78, 5) is 27.4. The molecular weight excluding hydrogens is 232 g/mol. The smallest absolute Gasteiger partial charge is 0.310 e. The second kappa shape index (κ2) is 6.18. The highest BCUT2D eigenvalue weighted by atomic mass is 16.5. The first kappa shape index (κ1) is 13.3. The number of carbonyl (C=O) groups is 2. The molecule has 0 spiro atoms. The fraction of sp³-hybridized carbons (Fsp3) is 0.846. The first-order chi connectivity index (χ1) is 8.70. The maximum atomic E-state index is 11.7. The summed E-state index contributed by atoms with van der Waals surface area (Å²) in [5, 5.41) is 0. The van der Waals surface area contributed by atoms with Gasteiger partial charge in [-0.25, -0.2) is 0 Å². The number of nitrogens with zero attached hydrogens (tertiary/aromatic N) is 2. The molecule has 2 rings (SSSR count). The lowest BCUT2D eigenvalue weighted by Crippen LogP contribution is -2.30. The van der Waals surface area contributed by atoms with Crippen LogP contribution >= 0.6 is 0 Å². The van der Waals surface area contributed by atoms with Gasteiger partial charge in [0.15, 0.2) is 0 Å². The molecule has 0 aromatic heterocycles. The number of ether oxygens (including phenoxy) is 1. The van der Waals surface area contributed by atoms with E-state index in [0.717, 1.165) is 19.5 Å². The largest absolute Gasteiger partial charge is 0.469 e. The molecule has 2 heterocycles. The second-order valence-corrected chi connectivity index (χ2v) is 5.17. The highest BCUT2D eigenvalue weighted by molar-refractivity contribution is 5.86. The molecule has 0 N–H and O–H groups in total. The van der Waals surface area contributed by atoms with E-state index < -0.39 is 0 Å². The number of hydrogen-bond acceptors (Lipinski definition) is 4. The van der Waals surface area contributed by atoms with Crippen molar-refractivity contribution in [3.05, 3.63) is 0 Å². The van der Waals surface area contributed by atoms with E-state index in [4.69, 9.17) is 4.74 Å². The van der Waals surface area contributed by atoms with Gasteiger partial charge in [-0.15, -0.1) is 0 Å². The molecule has 1 amide bonds. The van der Waals surface area contributed by atoms with Crippen molar-refractivity contribution in [2.45, 2.75) is 25.7 Å². The van der Waals surface area contributed by atoms with Gasteiger partial charge in [0.1, 0.15) is 0 Å². The van der Waals surface area contributed by atoms with E-state index in [-0.39, 0.29) is 17.8 Å². The van der Waals surface area contributed by atoms with Crippen LogP contribution < -0.4 is 0 Å². The Morgan fingerprint density at radius 2 is 2.06 bits per heavy atom. The quantitative estimate of drug-likeness (QED) is 0.670. The van der Waals surface area contributed by atoms with Crippen molar-refractivity contribution in [2.75, 3.05) is 39.8 Å². The lowest BCUT2D eigenvalue weighted by atomic mass is 10.1. The number of carbonyl (C=O) groups excluding carboxylic acids is 2. The molecule has 18 heavy (non-hydrogen) atoms. The number of esters is 1. The van der Waals surface area contributed by atoms with Crippen LogP contribution in [0.25, 0.3) is 0 Å². The standard InChI is InChI=1S/C13H22N2O3/c1-18-13(17)11-9-12(16)15(10-11)8-4-7-14-5-2-3-6-14/h11H,2-10H2,1H3. The van der Waals surface area contributed by atoms with Gasteiger partial charge < -0.3 is 14.5 Å². The Balaban J connectivity index is 1.69. The van der Waals surface area contributed by atoms with Crippen molar-refractivity contribution in [1.29, 1.82) is 0 Å². The summed E-state index contributed by atoms with van der Waals surface area (Å²) in [5.74, 6) is -0.425. The highest BCUT2D eigenvalue weighted by Crippen LogP contribution is 2.19. The van der Waals surface area contributed by atoms with Crippen molar-refractivity contribution in [2.24, 2.45) is 5.92 Å². The molecule has 5 heteroatoms. The third kappa shape index (κ3) is 3.22. The number of methoxy groups -OCH3 is 1. The van der Waals surface area contributed by atoms with E-state index in [2.05, 4.69) is 4.90 Å². The minimum atomic E-state index is -0.259. The van der Waals surface area contributed by atoms with E-state index in [1.807, 2.05) is 0 Å². The van der Waals surface area contributed by atoms with Gasteiger partial charge in [-0.3, -0.25) is 9.59 Å². The first-order valence-corrected chi connectivity index (χ1v) is 6.78. The minimum Gasteiger partial charge on any atom is -0.469 e. The number of hydrogen-bond donors (Lipinski definition) is 0. The number of amides is 1. The van der Waals surface area contributed by atoms with E-state index in [1.165, 1.54) is 33.0 Å². The Labute approximate surface area is 108 Å². The average molecular weight is 254 g/mol. The Kier molecular flexibility index (Phi) is 4.58. The summed E-state index contributed by atoms with van der Waals surface area (Å²) >= 11 is 0. The predicted molar refractivity (Wildman–Crippen MR) is 67.0 cm³/mol. The van der Waals surface area contributed by atoms with Gasteiger partial charge in [-0.05, 0) is 38.9 Å². The van der Waals surface area contributed by atoms with Gasteiger partial charge in [-0.1, -0.05) is 0 Å². The molecular formula is C13H22N2O3. The average Bonchev–Trinajstić information content (AvgIpc) is 2.99. The minimum absolute atomic E-state index is 0.0896. The van der Waals surface area contributed by atoms with Crippen LogP contribution in [0, 0.1) is 5.92 Å². The Bertz CT molecular complexity index is 313. The fourth-order valence-electron chi connectivity index (χ4n) is 2.80. The molecule has 102 valence electrons. The number of rotatable bonds is 5. The maximum absolute atomic E-state index is 11.7. The molecule has 2 aliphatic heterocycles. The number of likely N-dealkylation sites (tertiary alicyclic amines) is 2. The lowest BCUT2D eigenvalue weighted by Gasteiger charge is -2.19. The Morgan fingerprint density at radius 1 is 1.33 bits per heavy atom. The summed E-state index contributed by atoms with van der Waals surface area (Å²) in [6.45, 7) is 4.75. The zero-order chi connectivity index (χ0) is 13.0. The van der Waals surface area contributed by atoms with Gasteiger partial charge in [-0.2, -0.15) is 0 Å². The third-order valence-electron chi connectivity index (χ3n) is 3.85. The van der Waals surface area contributed by atoms with E-state index in [1.54, 1.807) is 4.90 Å². The molecule has 0 bridgehead atoms. The summed E-state index contributed by atoms with van der Waals surface area (Å²) < 4.78 is 4.69. The summed E-state index contributed by atoms with van der Waals surface area (Å²) in [7, 11) is 1.38. The van der Waals surface area contributed by atoms with Crippen molar-refractivity contribution >= 4 is 11.9 Å². The van der Waals surface area contributed by atoms with Crippen LogP contribution in [0.2, 0.25) is 0 Å². The SMILES string of the molecule is COC(=O)C1CC(=O)N(CCCN2CCCC2)C1. The molecule has 0 aromatic rings. The normalized spacial score (nSPS) is 24.8. The molecule has 1 unspecified atom stereocenters.